The van der Waals surface area contributed by atoms with E-state index >= 15 is 0 Å². The zero-order valence-corrected chi connectivity index (χ0v) is 13.6. The fourth-order valence-electron chi connectivity index (χ4n) is 3.72. The summed E-state index contributed by atoms with van der Waals surface area (Å²) >= 11 is 0. The summed E-state index contributed by atoms with van der Waals surface area (Å²) in [6.45, 7) is 0. The summed E-state index contributed by atoms with van der Waals surface area (Å²) in [5, 5.41) is 7.48. The van der Waals surface area contributed by atoms with Gasteiger partial charge in [-0.3, -0.25) is 14.3 Å². The first-order valence-corrected chi connectivity index (χ1v) is 8.72. The first kappa shape index (κ1) is 14.7. The van der Waals surface area contributed by atoms with Crippen LogP contribution in [0.1, 0.15) is 56.7 Å². The smallest absolute Gasteiger partial charge is 0.223 e. The molecular weight excluding hydrogens is 292 g/mol. The van der Waals surface area contributed by atoms with Crippen molar-refractivity contribution in [2.45, 2.75) is 63.1 Å². The molecule has 1 aromatic heterocycles. The number of rotatable bonds is 5. The third-order valence-corrected chi connectivity index (χ3v) is 5.26. The van der Waals surface area contributed by atoms with Crippen LogP contribution in [-0.2, 0) is 16.6 Å². The van der Waals surface area contributed by atoms with Gasteiger partial charge >= 0.3 is 0 Å². The summed E-state index contributed by atoms with van der Waals surface area (Å²) in [5.41, 5.74) is 1.02. The van der Waals surface area contributed by atoms with Crippen LogP contribution >= 0.6 is 0 Å². The number of piperidine rings is 1. The number of likely N-dealkylation sites (tertiary alicyclic amines) is 1. The van der Waals surface area contributed by atoms with Crippen molar-refractivity contribution in [2.24, 2.45) is 13.0 Å². The second kappa shape index (κ2) is 5.65. The molecule has 0 radical (unpaired) electrons. The topological polar surface area (TPSA) is 67.2 Å². The Labute approximate surface area is 136 Å². The number of aromatic nitrogens is 2. The first-order chi connectivity index (χ1) is 11.1. The SMILES string of the molecule is Cn1nccc1[C@H]1[C@H](NC(=O)CC2CC2)CCC(=O)N1C1CC1. The first-order valence-electron chi connectivity index (χ1n) is 8.72. The van der Waals surface area contributed by atoms with Crippen molar-refractivity contribution in [1.82, 2.24) is 20.0 Å². The molecule has 4 rings (SSSR count). The third kappa shape index (κ3) is 2.99. The molecule has 1 saturated heterocycles. The van der Waals surface area contributed by atoms with Gasteiger partial charge in [0.2, 0.25) is 11.8 Å². The standard InChI is InChI=1S/C17H24N4O2/c1-20-14(8-9-18-20)17-13(19-15(22)10-11-2-3-11)6-7-16(23)21(17)12-4-5-12/h8-9,11-13,17H,2-7,10H2,1H3,(H,19,22)/t13-,17-/m1/s1. The van der Waals surface area contributed by atoms with Gasteiger partial charge in [0.25, 0.3) is 0 Å². The average molecular weight is 316 g/mol. The predicted octanol–water partition coefficient (Wildman–Crippen LogP) is 1.53. The van der Waals surface area contributed by atoms with Gasteiger partial charge in [0.05, 0.1) is 17.8 Å². The van der Waals surface area contributed by atoms with Crippen molar-refractivity contribution in [2.75, 3.05) is 0 Å². The number of nitrogens with zero attached hydrogens (tertiary/aromatic N) is 3. The highest BCUT2D eigenvalue weighted by atomic mass is 16.2. The van der Waals surface area contributed by atoms with Crippen molar-refractivity contribution in [1.29, 1.82) is 0 Å². The van der Waals surface area contributed by atoms with Gasteiger partial charge in [0, 0.05) is 32.1 Å². The molecule has 0 unspecified atom stereocenters. The van der Waals surface area contributed by atoms with Crippen molar-refractivity contribution in [3.8, 4) is 0 Å². The number of nitrogens with one attached hydrogen (secondary N) is 1. The highest BCUT2D eigenvalue weighted by molar-refractivity contribution is 5.80. The molecule has 1 aliphatic heterocycles. The van der Waals surface area contributed by atoms with Gasteiger partial charge in [-0.05, 0) is 44.1 Å². The number of hydrogen-bond acceptors (Lipinski definition) is 3. The Morgan fingerprint density at radius 2 is 2.09 bits per heavy atom. The molecule has 2 heterocycles. The van der Waals surface area contributed by atoms with E-state index in [1.165, 1.54) is 12.8 Å². The molecule has 3 fully saturated rings. The average Bonchev–Trinajstić information content (AvgIpc) is 3.42. The van der Waals surface area contributed by atoms with E-state index in [-0.39, 0.29) is 23.9 Å². The van der Waals surface area contributed by atoms with Gasteiger partial charge in [0.15, 0.2) is 0 Å². The lowest BCUT2D eigenvalue weighted by Gasteiger charge is -2.41. The molecule has 0 bridgehead atoms. The minimum Gasteiger partial charge on any atom is -0.351 e. The van der Waals surface area contributed by atoms with Crippen LogP contribution in [0.3, 0.4) is 0 Å². The zero-order valence-electron chi connectivity index (χ0n) is 13.6. The van der Waals surface area contributed by atoms with Crippen molar-refractivity contribution < 1.29 is 9.59 Å². The van der Waals surface area contributed by atoms with E-state index in [0.717, 1.165) is 18.5 Å². The minimum absolute atomic E-state index is 0.00468. The molecule has 23 heavy (non-hydrogen) atoms. The number of carbonyl (C=O) groups excluding carboxylic acids is 2. The Morgan fingerprint density at radius 3 is 2.70 bits per heavy atom. The summed E-state index contributed by atoms with van der Waals surface area (Å²) in [4.78, 5) is 26.8. The molecule has 3 aliphatic rings. The lowest BCUT2D eigenvalue weighted by atomic mass is 9.92. The highest BCUT2D eigenvalue weighted by Crippen LogP contribution is 2.40. The summed E-state index contributed by atoms with van der Waals surface area (Å²) < 4.78 is 1.83. The molecular formula is C17H24N4O2. The lowest BCUT2D eigenvalue weighted by Crippen LogP contribution is -2.53. The van der Waals surface area contributed by atoms with E-state index in [4.69, 9.17) is 0 Å². The van der Waals surface area contributed by atoms with Crippen molar-refractivity contribution in [3.05, 3.63) is 18.0 Å². The van der Waals surface area contributed by atoms with Gasteiger partial charge < -0.3 is 10.2 Å². The fourth-order valence-corrected chi connectivity index (χ4v) is 3.72. The summed E-state index contributed by atoms with van der Waals surface area (Å²) in [5.74, 6) is 0.927. The normalized spacial score (nSPS) is 28.0. The van der Waals surface area contributed by atoms with Gasteiger partial charge in [-0.2, -0.15) is 5.10 Å². The predicted molar refractivity (Wildman–Crippen MR) is 84.3 cm³/mol. The van der Waals surface area contributed by atoms with E-state index in [1.54, 1.807) is 6.20 Å². The molecule has 2 aliphatic carbocycles. The maximum absolute atomic E-state index is 12.5. The van der Waals surface area contributed by atoms with E-state index < -0.39 is 0 Å². The Kier molecular flexibility index (Phi) is 3.62. The zero-order chi connectivity index (χ0) is 16.0. The maximum Gasteiger partial charge on any atom is 0.223 e. The molecule has 2 atom stereocenters. The number of hydrogen-bond donors (Lipinski definition) is 1. The van der Waals surface area contributed by atoms with Crippen LogP contribution in [0.25, 0.3) is 0 Å². The second-order valence-electron chi connectivity index (χ2n) is 7.22. The minimum atomic E-state index is -0.0839. The Bertz CT molecular complexity index is 618. The van der Waals surface area contributed by atoms with Gasteiger partial charge in [0.1, 0.15) is 0 Å². The summed E-state index contributed by atoms with van der Waals surface area (Å²) in [6, 6.07) is 2.22. The van der Waals surface area contributed by atoms with Crippen LogP contribution in [-0.4, -0.2) is 38.6 Å². The van der Waals surface area contributed by atoms with E-state index in [9.17, 15) is 9.59 Å². The van der Waals surface area contributed by atoms with E-state index in [2.05, 4.69) is 10.4 Å². The molecule has 6 nitrogen and oxygen atoms in total. The third-order valence-electron chi connectivity index (χ3n) is 5.26. The number of amides is 2. The largest absolute Gasteiger partial charge is 0.351 e. The molecule has 2 amide bonds. The fraction of sp³-hybridized carbons (Fsp3) is 0.706. The van der Waals surface area contributed by atoms with Gasteiger partial charge in [-0.15, -0.1) is 0 Å². The number of carbonyl (C=O) groups is 2. The van der Waals surface area contributed by atoms with Crippen LogP contribution in [0.4, 0.5) is 0 Å². The van der Waals surface area contributed by atoms with E-state index in [0.29, 0.717) is 31.2 Å². The molecule has 2 saturated carbocycles. The second-order valence-corrected chi connectivity index (χ2v) is 7.22. The summed E-state index contributed by atoms with van der Waals surface area (Å²) in [7, 11) is 1.91. The maximum atomic E-state index is 12.5. The van der Waals surface area contributed by atoms with Crippen LogP contribution in [0.15, 0.2) is 12.3 Å². The highest BCUT2D eigenvalue weighted by Gasteiger charge is 2.45. The van der Waals surface area contributed by atoms with Crippen molar-refractivity contribution in [3.63, 3.8) is 0 Å². The Balaban J connectivity index is 1.58. The molecule has 0 aromatic carbocycles. The monoisotopic (exact) mass is 316 g/mol. The molecule has 1 N–H and O–H groups in total. The van der Waals surface area contributed by atoms with Crippen molar-refractivity contribution >= 4 is 11.8 Å². The van der Waals surface area contributed by atoms with Gasteiger partial charge in [-0.1, -0.05) is 0 Å². The van der Waals surface area contributed by atoms with E-state index in [1.807, 2.05) is 22.7 Å². The van der Waals surface area contributed by atoms with Gasteiger partial charge in [-0.25, -0.2) is 0 Å². The molecule has 6 heteroatoms. The lowest BCUT2D eigenvalue weighted by molar-refractivity contribution is -0.140. The quantitative estimate of drug-likeness (QED) is 0.896. The van der Waals surface area contributed by atoms with Crippen LogP contribution in [0.2, 0.25) is 0 Å². The Morgan fingerprint density at radius 1 is 1.30 bits per heavy atom. The van der Waals surface area contributed by atoms with Crippen LogP contribution < -0.4 is 5.32 Å². The van der Waals surface area contributed by atoms with Crippen LogP contribution in [0.5, 0.6) is 0 Å². The molecule has 0 spiro atoms. The summed E-state index contributed by atoms with van der Waals surface area (Å²) in [6.07, 6.45) is 8.14. The molecule has 124 valence electrons. The number of aryl methyl sites for hydroxylation is 1. The Hall–Kier alpha value is -1.85. The molecule has 1 aromatic rings. The van der Waals surface area contributed by atoms with Crippen LogP contribution in [0, 0.1) is 5.92 Å².